The highest BCUT2D eigenvalue weighted by Crippen LogP contribution is 2.05. The summed E-state index contributed by atoms with van der Waals surface area (Å²) in [5.74, 6) is 0. The summed E-state index contributed by atoms with van der Waals surface area (Å²) in [6.07, 6.45) is 4.46. The zero-order valence-electron chi connectivity index (χ0n) is 5.60. The summed E-state index contributed by atoms with van der Waals surface area (Å²) in [7, 11) is -0.542. The third kappa shape index (κ3) is 2.14. The van der Waals surface area contributed by atoms with Gasteiger partial charge in [0.1, 0.15) is 0 Å². The van der Waals surface area contributed by atoms with E-state index in [1.807, 2.05) is 6.08 Å². The summed E-state index contributed by atoms with van der Waals surface area (Å²) in [5.41, 5.74) is 2.13. The van der Waals surface area contributed by atoms with Crippen molar-refractivity contribution in [3.05, 3.63) is 12.7 Å². The van der Waals surface area contributed by atoms with Crippen molar-refractivity contribution >= 4 is 14.3 Å². The van der Waals surface area contributed by atoms with Crippen molar-refractivity contribution < 1.29 is 4.43 Å². The van der Waals surface area contributed by atoms with Crippen LogP contribution in [0.3, 0.4) is 0 Å². The molecule has 0 spiro atoms. The van der Waals surface area contributed by atoms with Crippen molar-refractivity contribution in [2.24, 2.45) is 0 Å². The molecular formula is C7H12OSi. The van der Waals surface area contributed by atoms with Crippen molar-refractivity contribution in [2.45, 2.75) is 18.9 Å². The summed E-state index contributed by atoms with van der Waals surface area (Å²) in [5, 5.41) is 0. The first-order chi connectivity index (χ1) is 4.43. The lowest BCUT2D eigenvalue weighted by molar-refractivity contribution is 0.301. The summed E-state index contributed by atoms with van der Waals surface area (Å²) in [6.45, 7) is 4.62. The maximum Gasteiger partial charge on any atom is 0.231 e. The van der Waals surface area contributed by atoms with Crippen molar-refractivity contribution in [3.63, 3.8) is 0 Å². The Bertz CT molecular complexity index is 121. The fourth-order valence-electron chi connectivity index (χ4n) is 0.940. The monoisotopic (exact) mass is 140 g/mol. The van der Waals surface area contributed by atoms with Gasteiger partial charge in [0.15, 0.2) is 0 Å². The minimum Gasteiger partial charge on any atom is -0.550 e. The molecule has 1 saturated heterocycles. The quantitative estimate of drug-likeness (QED) is 0.500. The molecule has 1 rings (SSSR count). The molecule has 1 heterocycles. The van der Waals surface area contributed by atoms with E-state index in [1.54, 1.807) is 0 Å². The second-order valence-corrected chi connectivity index (χ2v) is 4.23. The number of hydrogen-bond acceptors (Lipinski definition) is 1. The van der Waals surface area contributed by atoms with E-state index in [1.165, 1.54) is 18.9 Å². The van der Waals surface area contributed by atoms with Crippen LogP contribution < -0.4 is 0 Å². The topological polar surface area (TPSA) is 9.23 Å². The van der Waals surface area contributed by atoms with Gasteiger partial charge in [0.25, 0.3) is 0 Å². The molecule has 1 nitrogen and oxygen atoms in total. The lowest BCUT2D eigenvalue weighted by Crippen LogP contribution is -2.16. The Hall–Kier alpha value is -0.373. The second-order valence-electron chi connectivity index (χ2n) is 2.17. The molecule has 1 aliphatic rings. The molecule has 0 atom stereocenters. The first-order valence-electron chi connectivity index (χ1n) is 3.38. The third-order valence-electron chi connectivity index (χ3n) is 1.41. The standard InChI is InChI=1S/C7H12OSi/c1-2-6-9-7-4-3-5-8-9/h2,6H,1,3-5,7H2/b9-6+. The molecule has 50 valence electrons. The number of hydrogen-bond donors (Lipinski definition) is 0. The van der Waals surface area contributed by atoms with E-state index < -0.39 is 8.65 Å². The molecule has 9 heavy (non-hydrogen) atoms. The number of allylic oxidation sites excluding steroid dienone is 1. The van der Waals surface area contributed by atoms with E-state index in [0.29, 0.717) is 0 Å². The molecule has 0 aromatic carbocycles. The van der Waals surface area contributed by atoms with Crippen LogP contribution in [0.15, 0.2) is 12.7 Å². The summed E-state index contributed by atoms with van der Waals surface area (Å²) >= 11 is 0. The van der Waals surface area contributed by atoms with Crippen LogP contribution in [0.2, 0.25) is 6.04 Å². The largest absolute Gasteiger partial charge is 0.550 e. The van der Waals surface area contributed by atoms with Gasteiger partial charge in [-0.25, -0.2) is 0 Å². The van der Waals surface area contributed by atoms with E-state index in [9.17, 15) is 0 Å². The van der Waals surface area contributed by atoms with E-state index in [0.717, 1.165) is 6.61 Å². The zero-order chi connectivity index (χ0) is 6.53. The van der Waals surface area contributed by atoms with Crippen molar-refractivity contribution in [1.82, 2.24) is 0 Å². The highest BCUT2D eigenvalue weighted by Gasteiger charge is 2.05. The van der Waals surface area contributed by atoms with Crippen LogP contribution in [-0.4, -0.2) is 20.9 Å². The van der Waals surface area contributed by atoms with Crippen LogP contribution in [0.4, 0.5) is 0 Å². The van der Waals surface area contributed by atoms with Gasteiger partial charge in [0, 0.05) is 0 Å². The lowest BCUT2D eigenvalue weighted by atomic mass is 10.4. The molecule has 0 aliphatic carbocycles. The van der Waals surface area contributed by atoms with E-state index >= 15 is 0 Å². The maximum atomic E-state index is 5.49. The lowest BCUT2D eigenvalue weighted by Gasteiger charge is -2.13. The van der Waals surface area contributed by atoms with Gasteiger partial charge in [-0.05, 0) is 24.6 Å². The molecule has 0 N–H and O–H groups in total. The minimum atomic E-state index is -0.542. The van der Waals surface area contributed by atoms with Crippen LogP contribution in [-0.2, 0) is 4.43 Å². The Labute approximate surface area is 57.7 Å². The Kier molecular flexibility index (Phi) is 2.71. The van der Waals surface area contributed by atoms with Crippen LogP contribution in [0.5, 0.6) is 0 Å². The summed E-state index contributed by atoms with van der Waals surface area (Å²) < 4.78 is 5.49. The second kappa shape index (κ2) is 3.61. The normalized spacial score (nSPS) is 23.3. The van der Waals surface area contributed by atoms with Gasteiger partial charge in [-0.1, -0.05) is 12.7 Å². The van der Waals surface area contributed by atoms with Gasteiger partial charge in [-0.15, -0.1) is 0 Å². The smallest absolute Gasteiger partial charge is 0.231 e. The highest BCUT2D eigenvalue weighted by molar-refractivity contribution is 6.62. The van der Waals surface area contributed by atoms with Crippen LogP contribution in [0, 0.1) is 0 Å². The average Bonchev–Trinajstić information content (AvgIpc) is 1.91. The Morgan fingerprint density at radius 1 is 1.44 bits per heavy atom. The number of rotatable bonds is 1. The fourth-order valence-corrected chi connectivity index (χ4v) is 2.61. The molecule has 0 aromatic heterocycles. The SMILES string of the molecule is C=C/C=[Si]1\CCCCO1. The van der Waals surface area contributed by atoms with E-state index in [4.69, 9.17) is 4.43 Å². The molecule has 0 aromatic rings. The van der Waals surface area contributed by atoms with Gasteiger partial charge >= 0.3 is 0 Å². The highest BCUT2D eigenvalue weighted by atomic mass is 28.3. The van der Waals surface area contributed by atoms with Gasteiger partial charge in [0.2, 0.25) is 8.65 Å². The first kappa shape index (κ1) is 6.74. The zero-order valence-corrected chi connectivity index (χ0v) is 6.60. The Morgan fingerprint density at radius 2 is 2.33 bits per heavy atom. The molecular weight excluding hydrogens is 128 g/mol. The van der Waals surface area contributed by atoms with Gasteiger partial charge in [-0.2, -0.15) is 0 Å². The molecule has 0 amide bonds. The molecule has 1 aliphatic heterocycles. The molecule has 0 bridgehead atoms. The van der Waals surface area contributed by atoms with Crippen LogP contribution >= 0.6 is 0 Å². The summed E-state index contributed by atoms with van der Waals surface area (Å²) in [4.78, 5) is 0. The van der Waals surface area contributed by atoms with Crippen LogP contribution in [0.25, 0.3) is 0 Å². The average molecular weight is 140 g/mol. The predicted octanol–water partition coefficient (Wildman–Crippen LogP) is 1.36. The van der Waals surface area contributed by atoms with E-state index in [2.05, 4.69) is 12.3 Å². The van der Waals surface area contributed by atoms with Crippen molar-refractivity contribution in [1.29, 1.82) is 0 Å². The molecule has 0 radical (unpaired) electrons. The molecule has 0 saturated carbocycles. The molecule has 2 heteroatoms. The molecule has 0 unspecified atom stereocenters. The molecule has 1 fully saturated rings. The van der Waals surface area contributed by atoms with Crippen molar-refractivity contribution in [2.75, 3.05) is 6.61 Å². The van der Waals surface area contributed by atoms with Crippen molar-refractivity contribution in [3.8, 4) is 0 Å². The predicted molar refractivity (Wildman–Crippen MR) is 42.0 cm³/mol. The third-order valence-corrected chi connectivity index (χ3v) is 3.44. The maximum absolute atomic E-state index is 5.49. The van der Waals surface area contributed by atoms with Gasteiger partial charge in [-0.3, -0.25) is 0 Å². The van der Waals surface area contributed by atoms with E-state index in [-0.39, 0.29) is 0 Å². The Morgan fingerprint density at radius 3 is 2.89 bits per heavy atom. The van der Waals surface area contributed by atoms with Crippen LogP contribution in [0.1, 0.15) is 12.8 Å². The minimum absolute atomic E-state index is 0.542. The fraction of sp³-hybridized carbons (Fsp3) is 0.571. The van der Waals surface area contributed by atoms with Gasteiger partial charge in [0.05, 0.1) is 6.61 Å². The first-order valence-corrected chi connectivity index (χ1v) is 5.07. The summed E-state index contributed by atoms with van der Waals surface area (Å²) in [6, 6.07) is 1.27. The Balaban J connectivity index is 2.39. The van der Waals surface area contributed by atoms with Gasteiger partial charge < -0.3 is 4.43 Å².